The van der Waals surface area contributed by atoms with Gasteiger partial charge in [0, 0.05) is 12.1 Å². The van der Waals surface area contributed by atoms with Crippen LogP contribution in [0, 0.1) is 0 Å². The first-order valence-electron chi connectivity index (χ1n) is 12.7. The van der Waals surface area contributed by atoms with Crippen molar-refractivity contribution in [3.05, 3.63) is 103 Å². The molecule has 0 aliphatic rings. The van der Waals surface area contributed by atoms with E-state index in [2.05, 4.69) is 41.7 Å². The van der Waals surface area contributed by atoms with Crippen LogP contribution in [-0.4, -0.2) is 36.4 Å². The van der Waals surface area contributed by atoms with Gasteiger partial charge in [-0.25, -0.2) is 0 Å². The van der Waals surface area contributed by atoms with Crippen molar-refractivity contribution in [3.8, 4) is 33.8 Å². The van der Waals surface area contributed by atoms with Gasteiger partial charge in [-0.2, -0.15) is 0 Å². The van der Waals surface area contributed by atoms with Crippen LogP contribution in [0.3, 0.4) is 0 Å². The highest BCUT2D eigenvalue weighted by Crippen LogP contribution is 2.25. The first-order chi connectivity index (χ1) is 18.4. The molecule has 0 aliphatic carbocycles. The summed E-state index contributed by atoms with van der Waals surface area (Å²) in [6, 6.07) is 32.1. The number of carbonyl (C=O) groups excluding carboxylic acids is 1. The molecule has 0 saturated carbocycles. The Kier molecular flexibility index (Phi) is 8.79. The fourth-order valence-corrected chi connectivity index (χ4v) is 3.90. The number of nitrogens with two attached hydrogens (primary N) is 1. The zero-order valence-electron chi connectivity index (χ0n) is 21.8. The molecule has 0 fully saturated rings. The average molecular weight is 511 g/mol. The van der Waals surface area contributed by atoms with Crippen LogP contribution in [0.2, 0.25) is 0 Å². The molecule has 1 atom stereocenters. The number of rotatable bonds is 11. The van der Waals surface area contributed by atoms with Gasteiger partial charge in [0.1, 0.15) is 17.0 Å². The van der Waals surface area contributed by atoms with E-state index in [4.69, 9.17) is 15.2 Å². The van der Waals surface area contributed by atoms with Gasteiger partial charge in [0.2, 0.25) is 5.91 Å². The number of hydrogen-bond acceptors (Lipinski definition) is 5. The molecule has 0 spiro atoms. The van der Waals surface area contributed by atoms with Crippen molar-refractivity contribution in [2.75, 3.05) is 25.1 Å². The van der Waals surface area contributed by atoms with Crippen LogP contribution >= 0.6 is 0 Å². The molecule has 0 bridgehead atoms. The molecule has 4 N–H and O–H groups in total. The van der Waals surface area contributed by atoms with Crippen molar-refractivity contribution in [3.63, 3.8) is 0 Å². The summed E-state index contributed by atoms with van der Waals surface area (Å²) in [6.45, 7) is 4.29. The average Bonchev–Trinajstić information content (AvgIpc) is 2.95. The lowest BCUT2D eigenvalue weighted by Crippen LogP contribution is -2.51. The third-order valence-corrected chi connectivity index (χ3v) is 6.29. The molecule has 4 rings (SSSR count). The van der Waals surface area contributed by atoms with Crippen LogP contribution in [0.4, 0.5) is 5.69 Å². The number of aliphatic hydroxyl groups is 1. The molecule has 0 unspecified atom stereocenters. The Morgan fingerprint density at radius 3 is 1.68 bits per heavy atom. The molecular weight excluding hydrogens is 476 g/mol. The Hall–Kier alpha value is -4.13. The Morgan fingerprint density at radius 1 is 0.763 bits per heavy atom. The van der Waals surface area contributed by atoms with Crippen molar-refractivity contribution in [2.45, 2.75) is 25.8 Å². The van der Waals surface area contributed by atoms with Crippen molar-refractivity contribution >= 4 is 11.6 Å². The standard InChI is InChI=1S/C32H34N2O4/c1-3-37-29-16-10-26(11-17-29)24-6-4-23(5-7-24)20-21-38-30-18-12-27(13-19-30)25-8-14-28(15-9-25)34-31(36)32(2,33)22-35/h4-19,35H,3,20-22,33H2,1-2H3,(H,34,36)/t32-/m0/s1. The largest absolute Gasteiger partial charge is 0.494 e. The summed E-state index contributed by atoms with van der Waals surface area (Å²) in [4.78, 5) is 12.1. The molecule has 4 aromatic carbocycles. The fraction of sp³-hybridized carbons (Fsp3) is 0.219. The van der Waals surface area contributed by atoms with Gasteiger partial charge >= 0.3 is 0 Å². The number of carbonyl (C=O) groups is 1. The van der Waals surface area contributed by atoms with E-state index in [1.807, 2.05) is 67.6 Å². The molecule has 6 heteroatoms. The highest BCUT2D eigenvalue weighted by molar-refractivity contribution is 5.97. The Morgan fingerprint density at radius 2 is 1.21 bits per heavy atom. The quantitative estimate of drug-likeness (QED) is 0.241. The number of hydrogen-bond donors (Lipinski definition) is 3. The van der Waals surface area contributed by atoms with Crippen LogP contribution < -0.4 is 20.5 Å². The molecule has 0 radical (unpaired) electrons. The van der Waals surface area contributed by atoms with Crippen molar-refractivity contribution in [1.29, 1.82) is 0 Å². The van der Waals surface area contributed by atoms with E-state index in [1.54, 1.807) is 0 Å². The second-order valence-corrected chi connectivity index (χ2v) is 9.38. The van der Waals surface area contributed by atoms with E-state index in [0.29, 0.717) is 18.9 Å². The minimum Gasteiger partial charge on any atom is -0.494 e. The highest BCUT2D eigenvalue weighted by Gasteiger charge is 2.27. The van der Waals surface area contributed by atoms with E-state index in [-0.39, 0.29) is 0 Å². The fourth-order valence-electron chi connectivity index (χ4n) is 3.90. The number of anilines is 1. The van der Waals surface area contributed by atoms with Crippen molar-refractivity contribution in [2.24, 2.45) is 5.73 Å². The van der Waals surface area contributed by atoms with E-state index < -0.39 is 18.1 Å². The highest BCUT2D eigenvalue weighted by atomic mass is 16.5. The summed E-state index contributed by atoms with van der Waals surface area (Å²) >= 11 is 0. The first-order valence-corrected chi connectivity index (χ1v) is 12.7. The molecule has 6 nitrogen and oxygen atoms in total. The van der Waals surface area contributed by atoms with E-state index in [9.17, 15) is 9.90 Å². The van der Waals surface area contributed by atoms with Crippen LogP contribution in [0.25, 0.3) is 22.3 Å². The van der Waals surface area contributed by atoms with Crippen LogP contribution in [0.15, 0.2) is 97.1 Å². The lowest BCUT2D eigenvalue weighted by Gasteiger charge is -2.20. The Labute approximate surface area is 224 Å². The number of nitrogens with one attached hydrogen (secondary N) is 1. The van der Waals surface area contributed by atoms with Crippen LogP contribution in [-0.2, 0) is 11.2 Å². The van der Waals surface area contributed by atoms with E-state index in [1.165, 1.54) is 18.1 Å². The Bertz CT molecular complexity index is 1310. The summed E-state index contributed by atoms with van der Waals surface area (Å²) in [5.41, 5.74) is 10.7. The van der Waals surface area contributed by atoms with Gasteiger partial charge in [0.25, 0.3) is 0 Å². The molecule has 4 aromatic rings. The topological polar surface area (TPSA) is 93.8 Å². The number of benzene rings is 4. The van der Waals surface area contributed by atoms with Gasteiger partial charge in [-0.3, -0.25) is 4.79 Å². The molecule has 0 aromatic heterocycles. The van der Waals surface area contributed by atoms with Crippen molar-refractivity contribution in [1.82, 2.24) is 0 Å². The predicted octanol–water partition coefficient (Wildman–Crippen LogP) is 5.69. The minimum atomic E-state index is -1.32. The predicted molar refractivity (Wildman–Crippen MR) is 152 cm³/mol. The maximum atomic E-state index is 12.1. The maximum Gasteiger partial charge on any atom is 0.246 e. The second-order valence-electron chi connectivity index (χ2n) is 9.38. The van der Waals surface area contributed by atoms with Gasteiger partial charge in [-0.15, -0.1) is 0 Å². The van der Waals surface area contributed by atoms with Gasteiger partial charge < -0.3 is 25.6 Å². The molecule has 0 heterocycles. The molecular formula is C32H34N2O4. The maximum absolute atomic E-state index is 12.1. The van der Waals surface area contributed by atoms with Crippen LogP contribution in [0.5, 0.6) is 11.5 Å². The number of aliphatic hydroxyl groups excluding tert-OH is 1. The zero-order valence-corrected chi connectivity index (χ0v) is 21.8. The first kappa shape index (κ1) is 26.9. The van der Waals surface area contributed by atoms with Gasteiger partial charge in [-0.1, -0.05) is 60.7 Å². The van der Waals surface area contributed by atoms with Gasteiger partial charge in [-0.05, 0) is 78.1 Å². The summed E-state index contributed by atoms with van der Waals surface area (Å²) in [7, 11) is 0. The normalized spacial score (nSPS) is 12.4. The summed E-state index contributed by atoms with van der Waals surface area (Å²) < 4.78 is 11.5. The smallest absolute Gasteiger partial charge is 0.246 e. The lowest BCUT2D eigenvalue weighted by atomic mass is 10.0. The summed E-state index contributed by atoms with van der Waals surface area (Å²) in [5, 5.41) is 12.0. The minimum absolute atomic E-state index is 0.428. The molecule has 196 valence electrons. The molecule has 0 aliphatic heterocycles. The van der Waals surface area contributed by atoms with Gasteiger partial charge in [0.05, 0.1) is 19.8 Å². The van der Waals surface area contributed by atoms with E-state index in [0.717, 1.165) is 34.6 Å². The van der Waals surface area contributed by atoms with Gasteiger partial charge in [0.15, 0.2) is 0 Å². The van der Waals surface area contributed by atoms with E-state index >= 15 is 0 Å². The lowest BCUT2D eigenvalue weighted by molar-refractivity contribution is -0.121. The second kappa shape index (κ2) is 12.4. The molecule has 38 heavy (non-hydrogen) atoms. The molecule has 1 amide bonds. The SMILES string of the molecule is CCOc1ccc(-c2ccc(CCOc3ccc(-c4ccc(NC(=O)[C@@](C)(N)CO)cc4)cc3)cc2)cc1. The summed E-state index contributed by atoms with van der Waals surface area (Å²) in [5.74, 6) is 1.27. The number of ether oxygens (including phenoxy) is 2. The zero-order chi connectivity index (χ0) is 27.0. The Balaban J connectivity index is 1.27. The monoisotopic (exact) mass is 510 g/mol. The van der Waals surface area contributed by atoms with Crippen LogP contribution in [0.1, 0.15) is 19.4 Å². The molecule has 0 saturated heterocycles. The number of amides is 1. The van der Waals surface area contributed by atoms with Crippen molar-refractivity contribution < 1.29 is 19.4 Å². The summed E-state index contributed by atoms with van der Waals surface area (Å²) in [6.07, 6.45) is 0.816. The third-order valence-electron chi connectivity index (χ3n) is 6.29. The third kappa shape index (κ3) is 7.00.